The lowest BCUT2D eigenvalue weighted by atomic mass is 9.88. The number of hydrogen-bond acceptors (Lipinski definition) is 2. The zero-order valence-electron chi connectivity index (χ0n) is 13.2. The van der Waals surface area contributed by atoms with Crippen molar-refractivity contribution in [3.05, 3.63) is 12.7 Å². The first-order valence-electron chi connectivity index (χ1n) is 7.95. The molecular weight excluding hydrogens is 266 g/mol. The average molecular weight is 293 g/mol. The number of nitrogens with one attached hydrogen (secondary N) is 1. The first-order valence-corrected chi connectivity index (χ1v) is 7.95. The Balaban J connectivity index is 2.04. The van der Waals surface area contributed by atoms with Crippen molar-refractivity contribution >= 4 is 11.9 Å². The normalized spacial score (nSPS) is 26.3. The predicted molar refractivity (Wildman–Crippen MR) is 83.0 cm³/mol. The van der Waals surface area contributed by atoms with Gasteiger partial charge < -0.3 is 15.1 Å². The number of amides is 3. The Morgan fingerprint density at radius 1 is 1.38 bits per heavy atom. The molecule has 1 atom stereocenters. The second kappa shape index (κ2) is 6.50. The van der Waals surface area contributed by atoms with Crippen LogP contribution in [0.3, 0.4) is 0 Å². The van der Waals surface area contributed by atoms with E-state index in [1.807, 2.05) is 23.6 Å². The van der Waals surface area contributed by atoms with Crippen LogP contribution in [-0.2, 0) is 4.79 Å². The van der Waals surface area contributed by atoms with Crippen molar-refractivity contribution in [2.24, 2.45) is 0 Å². The van der Waals surface area contributed by atoms with E-state index < -0.39 is 0 Å². The molecule has 1 spiro atoms. The summed E-state index contributed by atoms with van der Waals surface area (Å²) >= 11 is 0. The summed E-state index contributed by atoms with van der Waals surface area (Å²) in [5.41, 5.74) is -0.0574. The molecule has 2 heterocycles. The van der Waals surface area contributed by atoms with Crippen molar-refractivity contribution in [1.82, 2.24) is 15.1 Å². The van der Waals surface area contributed by atoms with E-state index in [-0.39, 0.29) is 23.5 Å². The van der Waals surface area contributed by atoms with E-state index in [9.17, 15) is 9.59 Å². The molecule has 0 unspecified atom stereocenters. The van der Waals surface area contributed by atoms with Gasteiger partial charge in [0.2, 0.25) is 5.91 Å². The molecule has 2 fully saturated rings. The average Bonchev–Trinajstić information content (AvgIpc) is 2.62. The number of nitrogens with zero attached hydrogens (tertiary/aromatic N) is 2. The van der Waals surface area contributed by atoms with Crippen molar-refractivity contribution < 1.29 is 9.59 Å². The second-order valence-corrected chi connectivity index (χ2v) is 6.46. The molecule has 118 valence electrons. The molecule has 21 heavy (non-hydrogen) atoms. The highest BCUT2D eigenvalue weighted by Crippen LogP contribution is 2.38. The molecule has 0 bridgehead atoms. The molecule has 0 aromatic rings. The first kappa shape index (κ1) is 15.9. The number of hydrogen-bond donors (Lipinski definition) is 1. The van der Waals surface area contributed by atoms with Crippen molar-refractivity contribution in [3.8, 4) is 0 Å². The second-order valence-electron chi connectivity index (χ2n) is 6.46. The maximum Gasteiger partial charge on any atom is 0.317 e. The van der Waals surface area contributed by atoms with E-state index in [4.69, 9.17) is 0 Å². The van der Waals surface area contributed by atoms with Gasteiger partial charge in [-0.2, -0.15) is 0 Å². The third kappa shape index (κ3) is 3.39. The fourth-order valence-corrected chi connectivity index (χ4v) is 3.54. The van der Waals surface area contributed by atoms with Gasteiger partial charge in [-0.15, -0.1) is 6.58 Å². The standard InChI is InChI=1S/C16H27N3O2/c1-4-10-19-14(20)6-8-16(19)7-5-11-18(12-9-16)15(21)17-13(2)3/h4,13H,1,5-12H2,2-3H3,(H,17,21)/t16-/m1/s1. The Kier molecular flexibility index (Phi) is 4.91. The van der Waals surface area contributed by atoms with Gasteiger partial charge in [-0.3, -0.25) is 4.79 Å². The van der Waals surface area contributed by atoms with Crippen LogP contribution in [0.5, 0.6) is 0 Å². The first-order chi connectivity index (χ1) is 9.98. The molecule has 2 aliphatic rings. The molecule has 0 aromatic carbocycles. The van der Waals surface area contributed by atoms with E-state index in [1.54, 1.807) is 6.08 Å². The molecule has 1 N–H and O–H groups in total. The summed E-state index contributed by atoms with van der Waals surface area (Å²) in [6.07, 6.45) is 6.16. The van der Waals surface area contributed by atoms with Gasteiger partial charge in [-0.1, -0.05) is 6.08 Å². The van der Waals surface area contributed by atoms with Gasteiger partial charge >= 0.3 is 6.03 Å². The molecule has 3 amide bonds. The van der Waals surface area contributed by atoms with Crippen molar-refractivity contribution in [2.75, 3.05) is 19.6 Å². The molecule has 2 rings (SSSR count). The van der Waals surface area contributed by atoms with E-state index in [0.717, 1.165) is 38.8 Å². The van der Waals surface area contributed by atoms with Crippen LogP contribution < -0.4 is 5.32 Å². The lowest BCUT2D eigenvalue weighted by Crippen LogP contribution is -2.47. The summed E-state index contributed by atoms with van der Waals surface area (Å²) in [5.74, 6) is 0.231. The van der Waals surface area contributed by atoms with Gasteiger partial charge in [0.05, 0.1) is 0 Å². The van der Waals surface area contributed by atoms with Crippen LogP contribution >= 0.6 is 0 Å². The zero-order chi connectivity index (χ0) is 15.5. The van der Waals surface area contributed by atoms with Crippen LogP contribution in [-0.4, -0.2) is 53.0 Å². The van der Waals surface area contributed by atoms with Crippen molar-refractivity contribution in [3.63, 3.8) is 0 Å². The minimum absolute atomic E-state index is 0.0154. The molecular formula is C16H27N3O2. The molecule has 5 heteroatoms. The van der Waals surface area contributed by atoms with Crippen LogP contribution in [0, 0.1) is 0 Å². The van der Waals surface area contributed by atoms with Gasteiger partial charge in [0.25, 0.3) is 0 Å². The number of urea groups is 1. The van der Waals surface area contributed by atoms with Crippen LogP contribution in [0.1, 0.15) is 46.0 Å². The highest BCUT2D eigenvalue weighted by Gasteiger charge is 2.45. The lowest BCUT2D eigenvalue weighted by Gasteiger charge is -2.37. The van der Waals surface area contributed by atoms with E-state index in [1.165, 1.54) is 0 Å². The van der Waals surface area contributed by atoms with Gasteiger partial charge in [0, 0.05) is 37.6 Å². The molecule has 5 nitrogen and oxygen atoms in total. The Morgan fingerprint density at radius 2 is 2.14 bits per heavy atom. The van der Waals surface area contributed by atoms with Crippen LogP contribution in [0.25, 0.3) is 0 Å². The Labute approximate surface area is 127 Å². The Morgan fingerprint density at radius 3 is 2.81 bits per heavy atom. The molecule has 0 radical (unpaired) electrons. The largest absolute Gasteiger partial charge is 0.336 e. The minimum atomic E-state index is -0.0574. The molecule has 0 saturated carbocycles. The van der Waals surface area contributed by atoms with Gasteiger partial charge in [-0.05, 0) is 39.5 Å². The number of rotatable bonds is 3. The Hall–Kier alpha value is -1.52. The maximum atomic E-state index is 12.2. The third-order valence-corrected chi connectivity index (χ3v) is 4.61. The quantitative estimate of drug-likeness (QED) is 0.811. The predicted octanol–water partition coefficient (Wildman–Crippen LogP) is 2.14. The van der Waals surface area contributed by atoms with Crippen molar-refractivity contribution in [2.45, 2.75) is 57.5 Å². The fraction of sp³-hybridized carbons (Fsp3) is 0.750. The molecule has 0 aromatic heterocycles. The van der Waals surface area contributed by atoms with Crippen LogP contribution in [0.15, 0.2) is 12.7 Å². The Bertz CT molecular complexity index is 422. The third-order valence-electron chi connectivity index (χ3n) is 4.61. The molecule has 2 saturated heterocycles. The number of carbonyl (C=O) groups is 2. The maximum absolute atomic E-state index is 12.2. The monoisotopic (exact) mass is 293 g/mol. The van der Waals surface area contributed by atoms with E-state index in [0.29, 0.717) is 13.0 Å². The molecule has 2 aliphatic heterocycles. The summed E-state index contributed by atoms with van der Waals surface area (Å²) in [7, 11) is 0. The minimum Gasteiger partial charge on any atom is -0.336 e. The topological polar surface area (TPSA) is 52.7 Å². The van der Waals surface area contributed by atoms with Gasteiger partial charge in [0.1, 0.15) is 0 Å². The van der Waals surface area contributed by atoms with Crippen LogP contribution in [0.4, 0.5) is 4.79 Å². The number of likely N-dealkylation sites (tertiary alicyclic amines) is 2. The summed E-state index contributed by atoms with van der Waals surface area (Å²) in [5, 5.41) is 2.95. The highest BCUT2D eigenvalue weighted by molar-refractivity contribution is 5.80. The highest BCUT2D eigenvalue weighted by atomic mass is 16.2. The molecule has 0 aliphatic carbocycles. The van der Waals surface area contributed by atoms with E-state index in [2.05, 4.69) is 11.9 Å². The fourth-order valence-electron chi connectivity index (χ4n) is 3.54. The van der Waals surface area contributed by atoms with Gasteiger partial charge in [0.15, 0.2) is 0 Å². The summed E-state index contributed by atoms with van der Waals surface area (Å²) in [4.78, 5) is 28.1. The summed E-state index contributed by atoms with van der Waals surface area (Å²) < 4.78 is 0. The van der Waals surface area contributed by atoms with Crippen LogP contribution in [0.2, 0.25) is 0 Å². The van der Waals surface area contributed by atoms with Crippen molar-refractivity contribution in [1.29, 1.82) is 0 Å². The summed E-state index contributed by atoms with van der Waals surface area (Å²) in [6.45, 7) is 9.83. The summed E-state index contributed by atoms with van der Waals surface area (Å²) in [6, 6.07) is 0.168. The smallest absolute Gasteiger partial charge is 0.317 e. The number of carbonyl (C=O) groups excluding carboxylic acids is 2. The van der Waals surface area contributed by atoms with Gasteiger partial charge in [-0.25, -0.2) is 4.79 Å². The van der Waals surface area contributed by atoms with E-state index >= 15 is 0 Å². The lowest BCUT2D eigenvalue weighted by molar-refractivity contribution is -0.130. The SMILES string of the molecule is C=CCN1C(=O)CC[C@@]12CCCN(C(=O)NC(C)C)CC2. The zero-order valence-corrected chi connectivity index (χ0v) is 13.2.